The number of ether oxygens (including phenoxy) is 1. The first kappa shape index (κ1) is 12.9. The van der Waals surface area contributed by atoms with E-state index in [4.69, 9.17) is 4.74 Å². The van der Waals surface area contributed by atoms with Gasteiger partial charge in [-0.25, -0.2) is 0 Å². The molecule has 0 radical (unpaired) electrons. The molecule has 0 fully saturated rings. The van der Waals surface area contributed by atoms with Crippen molar-refractivity contribution in [3.8, 4) is 0 Å². The maximum absolute atomic E-state index is 11.5. The Kier molecular flexibility index (Phi) is 7.28. The van der Waals surface area contributed by atoms with Crippen LogP contribution in [0.2, 0.25) is 0 Å². The molecule has 0 aromatic heterocycles. The Morgan fingerprint density at radius 1 is 1.62 bits per heavy atom. The highest BCUT2D eigenvalue weighted by Gasteiger charge is 2.16. The van der Waals surface area contributed by atoms with Gasteiger partial charge in [-0.1, -0.05) is 22.9 Å². The zero-order valence-electron chi connectivity index (χ0n) is 8.55. The number of hydrogen-bond acceptors (Lipinski definition) is 2. The summed E-state index contributed by atoms with van der Waals surface area (Å²) in [7, 11) is 3.49. The molecule has 1 unspecified atom stereocenters. The second-order valence-corrected chi connectivity index (χ2v) is 4.09. The summed E-state index contributed by atoms with van der Waals surface area (Å²) in [6.45, 7) is 3.45. The Hall–Kier alpha value is -0.0900. The minimum Gasteiger partial charge on any atom is -0.385 e. The number of hydrogen-bond donors (Lipinski definition) is 0. The van der Waals surface area contributed by atoms with Crippen molar-refractivity contribution in [2.24, 2.45) is 0 Å². The van der Waals surface area contributed by atoms with E-state index in [0.717, 1.165) is 19.4 Å². The number of nitrogens with zero attached hydrogens (tertiary/aromatic N) is 1. The summed E-state index contributed by atoms with van der Waals surface area (Å²) >= 11 is 3.33. The van der Waals surface area contributed by atoms with E-state index in [2.05, 4.69) is 15.9 Å². The molecule has 3 nitrogen and oxygen atoms in total. The number of alkyl halides is 1. The number of amides is 1. The summed E-state index contributed by atoms with van der Waals surface area (Å²) in [4.78, 5) is 13.2. The Bertz CT molecular complexity index is 153. The molecule has 4 heteroatoms. The van der Waals surface area contributed by atoms with Crippen molar-refractivity contribution < 1.29 is 9.53 Å². The Morgan fingerprint density at radius 2 is 2.23 bits per heavy atom. The summed E-state index contributed by atoms with van der Waals surface area (Å²) < 4.78 is 4.91. The van der Waals surface area contributed by atoms with Crippen LogP contribution in [0.25, 0.3) is 0 Å². The van der Waals surface area contributed by atoms with E-state index < -0.39 is 0 Å². The van der Waals surface area contributed by atoms with Gasteiger partial charge < -0.3 is 9.64 Å². The zero-order chi connectivity index (χ0) is 10.3. The maximum Gasteiger partial charge on any atom is 0.236 e. The van der Waals surface area contributed by atoms with Crippen LogP contribution in [0.1, 0.15) is 19.8 Å². The predicted octanol–water partition coefficient (Wildman–Crippen LogP) is 1.65. The lowest BCUT2D eigenvalue weighted by molar-refractivity contribution is -0.129. The molecule has 0 bridgehead atoms. The average Bonchev–Trinajstić information content (AvgIpc) is 2.15. The first-order valence-corrected chi connectivity index (χ1v) is 5.43. The van der Waals surface area contributed by atoms with Crippen molar-refractivity contribution in [2.45, 2.75) is 24.6 Å². The third kappa shape index (κ3) is 5.26. The van der Waals surface area contributed by atoms with Crippen LogP contribution >= 0.6 is 15.9 Å². The molecule has 13 heavy (non-hydrogen) atoms. The minimum atomic E-state index is -0.0416. The van der Waals surface area contributed by atoms with Crippen molar-refractivity contribution in [1.82, 2.24) is 4.90 Å². The van der Waals surface area contributed by atoms with Crippen molar-refractivity contribution in [2.75, 3.05) is 27.3 Å². The van der Waals surface area contributed by atoms with Gasteiger partial charge in [-0.2, -0.15) is 0 Å². The lowest BCUT2D eigenvalue weighted by atomic mass is 10.3. The molecule has 0 aliphatic rings. The van der Waals surface area contributed by atoms with Crippen molar-refractivity contribution in [1.29, 1.82) is 0 Å². The molecule has 1 atom stereocenters. The number of methoxy groups -OCH3 is 1. The van der Waals surface area contributed by atoms with Crippen molar-refractivity contribution >= 4 is 21.8 Å². The van der Waals surface area contributed by atoms with Gasteiger partial charge >= 0.3 is 0 Å². The minimum absolute atomic E-state index is 0.0416. The van der Waals surface area contributed by atoms with E-state index in [1.807, 2.05) is 14.0 Å². The number of rotatable bonds is 6. The standard InChI is InChI=1S/C9H18BrNO2/c1-4-8(10)9(12)11(2)6-5-7-13-3/h8H,4-7H2,1-3H3. The third-order valence-electron chi connectivity index (χ3n) is 1.84. The van der Waals surface area contributed by atoms with Crippen LogP contribution in [0.5, 0.6) is 0 Å². The van der Waals surface area contributed by atoms with Crippen LogP contribution in [0.15, 0.2) is 0 Å². The molecule has 0 aliphatic carbocycles. The van der Waals surface area contributed by atoms with Crippen LogP contribution in [0.4, 0.5) is 0 Å². The summed E-state index contributed by atoms with van der Waals surface area (Å²) in [5.74, 6) is 0.151. The van der Waals surface area contributed by atoms with Crippen LogP contribution in [0.3, 0.4) is 0 Å². The molecule has 1 amide bonds. The van der Waals surface area contributed by atoms with E-state index in [-0.39, 0.29) is 10.7 Å². The van der Waals surface area contributed by atoms with E-state index in [0.29, 0.717) is 6.61 Å². The highest BCUT2D eigenvalue weighted by Crippen LogP contribution is 2.07. The molecule has 0 aliphatic heterocycles. The van der Waals surface area contributed by atoms with Gasteiger partial charge in [-0.3, -0.25) is 4.79 Å². The van der Waals surface area contributed by atoms with Gasteiger partial charge in [0.1, 0.15) is 0 Å². The van der Waals surface area contributed by atoms with Crippen LogP contribution in [0, 0.1) is 0 Å². The fourth-order valence-electron chi connectivity index (χ4n) is 0.970. The van der Waals surface area contributed by atoms with Gasteiger partial charge in [-0.15, -0.1) is 0 Å². The molecule has 0 aromatic carbocycles. The molecule has 0 spiro atoms. The van der Waals surface area contributed by atoms with Crippen LogP contribution < -0.4 is 0 Å². The Balaban J connectivity index is 3.69. The lowest BCUT2D eigenvalue weighted by Crippen LogP contribution is -2.34. The predicted molar refractivity (Wildman–Crippen MR) is 57.1 cm³/mol. The monoisotopic (exact) mass is 251 g/mol. The third-order valence-corrected chi connectivity index (χ3v) is 2.88. The van der Waals surface area contributed by atoms with Gasteiger partial charge in [0.2, 0.25) is 5.91 Å². The van der Waals surface area contributed by atoms with Gasteiger partial charge in [0.15, 0.2) is 0 Å². The molecule has 0 aromatic rings. The van der Waals surface area contributed by atoms with E-state index in [1.54, 1.807) is 12.0 Å². The van der Waals surface area contributed by atoms with E-state index in [1.165, 1.54) is 0 Å². The second-order valence-electron chi connectivity index (χ2n) is 2.98. The quantitative estimate of drug-likeness (QED) is 0.531. The SMILES string of the molecule is CCC(Br)C(=O)N(C)CCCOC. The topological polar surface area (TPSA) is 29.5 Å². The number of halogens is 1. The highest BCUT2D eigenvalue weighted by molar-refractivity contribution is 9.10. The largest absolute Gasteiger partial charge is 0.385 e. The Morgan fingerprint density at radius 3 is 2.69 bits per heavy atom. The van der Waals surface area contributed by atoms with Gasteiger partial charge in [0.25, 0.3) is 0 Å². The van der Waals surface area contributed by atoms with Gasteiger partial charge in [0.05, 0.1) is 4.83 Å². The smallest absolute Gasteiger partial charge is 0.236 e. The van der Waals surface area contributed by atoms with Crippen LogP contribution in [-0.4, -0.2) is 42.9 Å². The molecule has 0 rings (SSSR count). The van der Waals surface area contributed by atoms with Crippen molar-refractivity contribution in [3.63, 3.8) is 0 Å². The molecule has 0 N–H and O–H groups in total. The summed E-state index contributed by atoms with van der Waals surface area (Å²) in [5.41, 5.74) is 0. The number of carbonyl (C=O) groups is 1. The summed E-state index contributed by atoms with van der Waals surface area (Å²) in [6.07, 6.45) is 1.72. The fourth-order valence-corrected chi connectivity index (χ4v) is 1.32. The van der Waals surface area contributed by atoms with Crippen molar-refractivity contribution in [3.05, 3.63) is 0 Å². The zero-order valence-corrected chi connectivity index (χ0v) is 10.1. The normalized spacial score (nSPS) is 12.6. The second kappa shape index (κ2) is 7.33. The lowest BCUT2D eigenvalue weighted by Gasteiger charge is -2.19. The van der Waals surface area contributed by atoms with Gasteiger partial charge in [0, 0.05) is 27.3 Å². The van der Waals surface area contributed by atoms with E-state index in [9.17, 15) is 4.79 Å². The number of carbonyl (C=O) groups excluding carboxylic acids is 1. The molecular weight excluding hydrogens is 234 g/mol. The Labute approximate surface area is 88.6 Å². The van der Waals surface area contributed by atoms with E-state index >= 15 is 0 Å². The highest BCUT2D eigenvalue weighted by atomic mass is 79.9. The van der Waals surface area contributed by atoms with Gasteiger partial charge in [-0.05, 0) is 12.8 Å². The molecule has 0 saturated heterocycles. The first-order valence-electron chi connectivity index (χ1n) is 4.51. The molecule has 78 valence electrons. The fraction of sp³-hybridized carbons (Fsp3) is 0.889. The molecule has 0 heterocycles. The molecule has 0 saturated carbocycles. The molecular formula is C9H18BrNO2. The maximum atomic E-state index is 11.5. The summed E-state index contributed by atoms with van der Waals surface area (Å²) in [5, 5.41) is 0. The first-order chi connectivity index (χ1) is 6.13. The summed E-state index contributed by atoms with van der Waals surface area (Å²) in [6, 6.07) is 0. The van der Waals surface area contributed by atoms with Crippen LogP contribution in [-0.2, 0) is 9.53 Å². The average molecular weight is 252 g/mol.